The first-order valence-corrected chi connectivity index (χ1v) is 8.18. The Hall–Kier alpha value is -3.20. The number of benzene rings is 2. The van der Waals surface area contributed by atoms with Crippen LogP contribution in [0.1, 0.15) is 29.8 Å². The number of nitriles is 1. The number of rotatable bonds is 8. The summed E-state index contributed by atoms with van der Waals surface area (Å²) >= 11 is 0. The first kappa shape index (κ1) is 19.1. The van der Waals surface area contributed by atoms with E-state index in [-0.39, 0.29) is 19.3 Å². The fourth-order valence-corrected chi connectivity index (χ4v) is 2.15. The largest absolute Gasteiger partial charge is 0.493 e. The van der Waals surface area contributed by atoms with Gasteiger partial charge in [-0.2, -0.15) is 5.26 Å². The normalized spacial score (nSPS) is 10.1. The van der Waals surface area contributed by atoms with Crippen LogP contribution in [0, 0.1) is 11.3 Å². The van der Waals surface area contributed by atoms with Crippen molar-refractivity contribution in [2.45, 2.75) is 20.0 Å². The van der Waals surface area contributed by atoms with Crippen molar-refractivity contribution in [1.82, 2.24) is 0 Å². The van der Waals surface area contributed by atoms with Crippen LogP contribution in [0.5, 0.6) is 17.2 Å². The van der Waals surface area contributed by atoms with E-state index in [0.717, 1.165) is 0 Å². The molecule has 0 aliphatic carbocycles. The summed E-state index contributed by atoms with van der Waals surface area (Å²) in [4.78, 5) is 12.1. The zero-order chi connectivity index (χ0) is 18.9. The van der Waals surface area contributed by atoms with Gasteiger partial charge >= 0.3 is 5.97 Å². The van der Waals surface area contributed by atoms with Crippen LogP contribution in [-0.2, 0) is 4.74 Å². The molecule has 0 aromatic heterocycles. The zero-order valence-electron chi connectivity index (χ0n) is 15.0. The SMILES string of the molecule is COc1cc(C(=O)OCCOc2ccc(C#N)cc2)ccc1OC(C)C. The van der Waals surface area contributed by atoms with Crippen molar-refractivity contribution in [2.24, 2.45) is 0 Å². The second-order valence-corrected chi connectivity index (χ2v) is 5.65. The van der Waals surface area contributed by atoms with E-state index in [1.807, 2.05) is 19.9 Å². The standard InChI is InChI=1S/C20H21NO5/c1-14(2)26-18-9-6-16(12-19(18)23-3)20(22)25-11-10-24-17-7-4-15(13-21)5-8-17/h4-9,12,14H,10-11H2,1-3H3. The Kier molecular flexibility index (Phi) is 6.86. The van der Waals surface area contributed by atoms with E-state index in [1.54, 1.807) is 42.5 Å². The van der Waals surface area contributed by atoms with Crippen molar-refractivity contribution in [2.75, 3.05) is 20.3 Å². The lowest BCUT2D eigenvalue weighted by Crippen LogP contribution is -2.13. The van der Waals surface area contributed by atoms with Gasteiger partial charge in [-0.15, -0.1) is 0 Å². The lowest BCUT2D eigenvalue weighted by molar-refractivity contribution is 0.0450. The minimum Gasteiger partial charge on any atom is -0.493 e. The van der Waals surface area contributed by atoms with Crippen molar-refractivity contribution in [3.63, 3.8) is 0 Å². The van der Waals surface area contributed by atoms with E-state index >= 15 is 0 Å². The summed E-state index contributed by atoms with van der Waals surface area (Å²) < 4.78 is 21.5. The Morgan fingerprint density at radius 2 is 1.81 bits per heavy atom. The second kappa shape index (κ2) is 9.33. The van der Waals surface area contributed by atoms with Crippen molar-refractivity contribution < 1.29 is 23.7 Å². The third-order valence-corrected chi connectivity index (χ3v) is 3.33. The summed E-state index contributed by atoms with van der Waals surface area (Å²) in [6, 6.07) is 13.6. The van der Waals surface area contributed by atoms with Gasteiger partial charge in [0.2, 0.25) is 0 Å². The van der Waals surface area contributed by atoms with Crippen LogP contribution >= 0.6 is 0 Å². The van der Waals surface area contributed by atoms with Crippen molar-refractivity contribution in [3.05, 3.63) is 53.6 Å². The molecule has 2 aromatic rings. The molecule has 0 spiro atoms. The maximum Gasteiger partial charge on any atom is 0.338 e. The lowest BCUT2D eigenvalue weighted by Gasteiger charge is -2.14. The minimum atomic E-state index is -0.470. The summed E-state index contributed by atoms with van der Waals surface area (Å²) in [6.07, 6.45) is 0.000996. The Labute approximate surface area is 152 Å². The molecule has 0 aliphatic rings. The van der Waals surface area contributed by atoms with Crippen LogP contribution in [0.4, 0.5) is 0 Å². The highest BCUT2D eigenvalue weighted by molar-refractivity contribution is 5.90. The predicted molar refractivity (Wildman–Crippen MR) is 95.7 cm³/mol. The van der Waals surface area contributed by atoms with Crippen LogP contribution in [0.25, 0.3) is 0 Å². The van der Waals surface area contributed by atoms with Crippen molar-refractivity contribution in [3.8, 4) is 23.3 Å². The highest BCUT2D eigenvalue weighted by atomic mass is 16.6. The minimum absolute atomic E-state index is 0.000996. The molecule has 2 rings (SSSR count). The quantitative estimate of drug-likeness (QED) is 0.532. The molecule has 136 valence electrons. The molecule has 0 bridgehead atoms. The van der Waals surface area contributed by atoms with Gasteiger partial charge in [0.1, 0.15) is 19.0 Å². The number of carbonyl (C=O) groups is 1. The van der Waals surface area contributed by atoms with Gasteiger partial charge in [0.25, 0.3) is 0 Å². The summed E-state index contributed by atoms with van der Waals surface area (Å²) in [6.45, 7) is 4.14. The predicted octanol–water partition coefficient (Wildman–Crippen LogP) is 3.59. The number of hydrogen-bond donors (Lipinski definition) is 0. The molecule has 0 aliphatic heterocycles. The van der Waals surface area contributed by atoms with E-state index in [9.17, 15) is 4.79 Å². The van der Waals surface area contributed by atoms with Gasteiger partial charge in [-0.25, -0.2) is 4.79 Å². The number of nitrogens with zero attached hydrogens (tertiary/aromatic N) is 1. The third-order valence-electron chi connectivity index (χ3n) is 3.33. The van der Waals surface area contributed by atoms with Crippen LogP contribution in [0.3, 0.4) is 0 Å². The molecular weight excluding hydrogens is 334 g/mol. The zero-order valence-corrected chi connectivity index (χ0v) is 15.0. The summed E-state index contributed by atoms with van der Waals surface area (Å²) in [5.74, 6) is 1.19. The van der Waals surface area contributed by atoms with Crippen LogP contribution < -0.4 is 14.2 Å². The fourth-order valence-electron chi connectivity index (χ4n) is 2.15. The van der Waals surface area contributed by atoms with E-state index < -0.39 is 5.97 Å². The van der Waals surface area contributed by atoms with E-state index in [0.29, 0.717) is 28.4 Å². The van der Waals surface area contributed by atoms with Gasteiger partial charge in [-0.3, -0.25) is 0 Å². The highest BCUT2D eigenvalue weighted by Crippen LogP contribution is 2.29. The molecule has 0 radical (unpaired) electrons. The summed E-state index contributed by atoms with van der Waals surface area (Å²) in [7, 11) is 1.52. The first-order valence-electron chi connectivity index (χ1n) is 8.18. The molecule has 0 N–H and O–H groups in total. The average molecular weight is 355 g/mol. The molecule has 0 atom stereocenters. The molecule has 0 saturated heterocycles. The van der Waals surface area contributed by atoms with Crippen LogP contribution in [0.15, 0.2) is 42.5 Å². The van der Waals surface area contributed by atoms with Gasteiger partial charge in [-0.05, 0) is 56.3 Å². The van der Waals surface area contributed by atoms with Gasteiger partial charge in [0.05, 0.1) is 30.4 Å². The molecule has 0 heterocycles. The fraction of sp³-hybridized carbons (Fsp3) is 0.300. The van der Waals surface area contributed by atoms with Crippen molar-refractivity contribution in [1.29, 1.82) is 5.26 Å². The maximum atomic E-state index is 12.1. The molecule has 6 nitrogen and oxygen atoms in total. The number of methoxy groups -OCH3 is 1. The molecule has 0 amide bonds. The van der Waals surface area contributed by atoms with E-state index in [1.165, 1.54) is 7.11 Å². The third kappa shape index (κ3) is 5.42. The highest BCUT2D eigenvalue weighted by Gasteiger charge is 2.13. The van der Waals surface area contributed by atoms with Gasteiger partial charge in [0.15, 0.2) is 11.5 Å². The molecule has 6 heteroatoms. The molecule has 0 saturated carbocycles. The number of ether oxygens (including phenoxy) is 4. The molecule has 26 heavy (non-hydrogen) atoms. The molecule has 0 fully saturated rings. The van der Waals surface area contributed by atoms with Crippen LogP contribution in [-0.4, -0.2) is 32.4 Å². The van der Waals surface area contributed by atoms with Gasteiger partial charge in [0, 0.05) is 0 Å². The average Bonchev–Trinajstić information content (AvgIpc) is 2.65. The summed E-state index contributed by atoms with van der Waals surface area (Å²) in [5.41, 5.74) is 0.930. The van der Waals surface area contributed by atoms with Crippen LogP contribution in [0.2, 0.25) is 0 Å². The lowest BCUT2D eigenvalue weighted by atomic mass is 10.2. The monoisotopic (exact) mass is 355 g/mol. The van der Waals surface area contributed by atoms with Crippen molar-refractivity contribution >= 4 is 5.97 Å². The molecular formula is C20H21NO5. The molecule has 0 unspecified atom stereocenters. The first-order chi connectivity index (χ1) is 12.5. The topological polar surface area (TPSA) is 77.8 Å². The summed E-state index contributed by atoms with van der Waals surface area (Å²) in [5, 5.41) is 8.74. The van der Waals surface area contributed by atoms with Gasteiger partial charge < -0.3 is 18.9 Å². The maximum absolute atomic E-state index is 12.1. The Balaban J connectivity index is 1.86. The number of esters is 1. The van der Waals surface area contributed by atoms with Gasteiger partial charge in [-0.1, -0.05) is 0 Å². The number of hydrogen-bond acceptors (Lipinski definition) is 6. The Bertz CT molecular complexity index is 778. The van der Waals surface area contributed by atoms with E-state index in [4.69, 9.17) is 24.2 Å². The Morgan fingerprint density at radius 1 is 1.08 bits per heavy atom. The molecule has 2 aromatic carbocycles. The van der Waals surface area contributed by atoms with E-state index in [2.05, 4.69) is 0 Å². The second-order valence-electron chi connectivity index (χ2n) is 5.65. The Morgan fingerprint density at radius 3 is 2.42 bits per heavy atom. The smallest absolute Gasteiger partial charge is 0.338 e. The number of carbonyl (C=O) groups excluding carboxylic acids is 1.